The van der Waals surface area contributed by atoms with Crippen molar-refractivity contribution in [2.24, 2.45) is 0 Å². The molecule has 1 amide bonds. The SMILES string of the molecule is Cc1onc(C(=O)N2CCN(Cc3cccc(Br)c3)CC2)c1Cn1ccc([N+](=O)[O-])n1. The molecule has 1 aromatic carbocycles. The third-order valence-electron chi connectivity index (χ3n) is 5.28. The molecule has 1 fully saturated rings. The number of halogens is 1. The van der Waals surface area contributed by atoms with Crippen molar-refractivity contribution < 1.29 is 14.2 Å². The number of hydrogen-bond donors (Lipinski definition) is 0. The quantitative estimate of drug-likeness (QED) is 0.387. The van der Waals surface area contributed by atoms with Gasteiger partial charge in [0.05, 0.1) is 29.5 Å². The summed E-state index contributed by atoms with van der Waals surface area (Å²) in [6.45, 7) is 5.41. The van der Waals surface area contributed by atoms with E-state index in [0.29, 0.717) is 24.4 Å². The van der Waals surface area contributed by atoms with Gasteiger partial charge in [0.2, 0.25) is 0 Å². The standard InChI is InChI=1S/C20H21BrN6O4/c1-14-17(13-26-6-5-18(22-26)27(29)30)19(23-31-14)20(28)25-9-7-24(8-10-25)12-15-3-2-4-16(21)11-15/h2-6,11H,7-10,12-13H2,1H3. The van der Waals surface area contributed by atoms with Gasteiger partial charge in [-0.3, -0.25) is 9.69 Å². The molecule has 0 atom stereocenters. The number of carbonyl (C=O) groups is 1. The Balaban J connectivity index is 1.40. The zero-order chi connectivity index (χ0) is 22.0. The van der Waals surface area contributed by atoms with Crippen LogP contribution in [-0.2, 0) is 13.1 Å². The number of amides is 1. The van der Waals surface area contributed by atoms with Crippen LogP contribution in [-0.4, -0.2) is 61.7 Å². The lowest BCUT2D eigenvalue weighted by Gasteiger charge is -2.34. The Kier molecular flexibility index (Phi) is 6.14. The van der Waals surface area contributed by atoms with E-state index in [1.54, 1.807) is 11.8 Å². The van der Waals surface area contributed by atoms with E-state index in [4.69, 9.17) is 4.52 Å². The summed E-state index contributed by atoms with van der Waals surface area (Å²) in [5.74, 6) is 0.0500. The minimum absolute atomic E-state index is 0.174. The van der Waals surface area contributed by atoms with Crippen LogP contribution in [0.25, 0.3) is 0 Å². The van der Waals surface area contributed by atoms with Gasteiger partial charge in [0.1, 0.15) is 5.76 Å². The van der Waals surface area contributed by atoms with Crippen LogP contribution in [0.15, 0.2) is 45.5 Å². The molecule has 10 nitrogen and oxygen atoms in total. The monoisotopic (exact) mass is 488 g/mol. The Morgan fingerprint density at radius 1 is 1.23 bits per heavy atom. The van der Waals surface area contributed by atoms with Crippen LogP contribution in [0, 0.1) is 17.0 Å². The van der Waals surface area contributed by atoms with E-state index in [-0.39, 0.29) is 24.0 Å². The van der Waals surface area contributed by atoms with Gasteiger partial charge in [-0.2, -0.15) is 4.68 Å². The highest BCUT2D eigenvalue weighted by Crippen LogP contribution is 2.20. The van der Waals surface area contributed by atoms with Crippen molar-refractivity contribution >= 4 is 27.7 Å². The first-order valence-electron chi connectivity index (χ1n) is 9.80. The van der Waals surface area contributed by atoms with Crippen LogP contribution in [0.5, 0.6) is 0 Å². The molecule has 0 bridgehead atoms. The molecule has 3 aromatic rings. The summed E-state index contributed by atoms with van der Waals surface area (Å²) in [5.41, 5.74) is 2.03. The summed E-state index contributed by atoms with van der Waals surface area (Å²) in [6.07, 6.45) is 1.50. The predicted octanol–water partition coefficient (Wildman–Crippen LogP) is 2.86. The van der Waals surface area contributed by atoms with Gasteiger partial charge in [-0.05, 0) is 29.5 Å². The molecule has 1 aliphatic rings. The number of carbonyl (C=O) groups excluding carboxylic acids is 1. The van der Waals surface area contributed by atoms with Gasteiger partial charge < -0.3 is 19.5 Å². The van der Waals surface area contributed by atoms with E-state index in [2.05, 4.69) is 43.2 Å². The molecule has 31 heavy (non-hydrogen) atoms. The molecule has 4 rings (SSSR count). The third kappa shape index (κ3) is 4.83. The number of rotatable bonds is 6. The van der Waals surface area contributed by atoms with Gasteiger partial charge in [-0.15, -0.1) is 0 Å². The van der Waals surface area contributed by atoms with Crippen LogP contribution in [0.4, 0.5) is 5.82 Å². The first kappa shape index (κ1) is 21.2. The highest BCUT2D eigenvalue weighted by molar-refractivity contribution is 9.10. The lowest BCUT2D eigenvalue weighted by molar-refractivity contribution is -0.389. The lowest BCUT2D eigenvalue weighted by atomic mass is 10.1. The summed E-state index contributed by atoms with van der Waals surface area (Å²) in [7, 11) is 0. The molecule has 0 aliphatic carbocycles. The van der Waals surface area contributed by atoms with Crippen molar-refractivity contribution in [3.8, 4) is 0 Å². The van der Waals surface area contributed by atoms with Crippen molar-refractivity contribution in [1.82, 2.24) is 24.7 Å². The molecule has 0 N–H and O–H groups in total. The molecular formula is C20H21BrN6O4. The Labute approximate surface area is 186 Å². The molecule has 0 radical (unpaired) electrons. The van der Waals surface area contributed by atoms with Crippen molar-refractivity contribution in [3.05, 3.63) is 73.7 Å². The second-order valence-corrected chi connectivity index (χ2v) is 8.31. The Bertz CT molecular complexity index is 1100. The van der Waals surface area contributed by atoms with Crippen molar-refractivity contribution in [1.29, 1.82) is 0 Å². The summed E-state index contributed by atoms with van der Waals surface area (Å²) in [6, 6.07) is 9.52. The molecule has 1 saturated heterocycles. The van der Waals surface area contributed by atoms with E-state index >= 15 is 0 Å². The highest BCUT2D eigenvalue weighted by Gasteiger charge is 2.28. The Hall–Kier alpha value is -3.05. The lowest BCUT2D eigenvalue weighted by Crippen LogP contribution is -2.48. The molecule has 0 spiro atoms. The Morgan fingerprint density at radius 2 is 2.00 bits per heavy atom. The molecule has 1 aliphatic heterocycles. The molecule has 0 saturated carbocycles. The summed E-state index contributed by atoms with van der Waals surface area (Å²) in [4.78, 5) is 27.5. The molecule has 3 heterocycles. The van der Waals surface area contributed by atoms with Crippen molar-refractivity contribution in [3.63, 3.8) is 0 Å². The third-order valence-corrected chi connectivity index (χ3v) is 5.77. The number of nitrogens with zero attached hydrogens (tertiary/aromatic N) is 6. The minimum atomic E-state index is -0.559. The molecule has 162 valence electrons. The summed E-state index contributed by atoms with van der Waals surface area (Å²) < 4.78 is 7.72. The van der Waals surface area contributed by atoms with Gasteiger partial charge in [0, 0.05) is 37.2 Å². The van der Waals surface area contributed by atoms with Crippen LogP contribution in [0.1, 0.15) is 27.4 Å². The van der Waals surface area contributed by atoms with Crippen LogP contribution < -0.4 is 0 Å². The van der Waals surface area contributed by atoms with E-state index in [0.717, 1.165) is 24.1 Å². The van der Waals surface area contributed by atoms with Gasteiger partial charge in [-0.1, -0.05) is 33.2 Å². The summed E-state index contributed by atoms with van der Waals surface area (Å²) in [5, 5.41) is 18.7. The zero-order valence-electron chi connectivity index (χ0n) is 16.9. The van der Waals surface area contributed by atoms with Gasteiger partial charge in [0.25, 0.3) is 5.91 Å². The molecule has 11 heteroatoms. The van der Waals surface area contributed by atoms with Gasteiger partial charge >= 0.3 is 5.82 Å². The first-order chi connectivity index (χ1) is 14.9. The number of hydrogen-bond acceptors (Lipinski definition) is 7. The minimum Gasteiger partial charge on any atom is -0.361 e. The fourth-order valence-corrected chi connectivity index (χ4v) is 4.04. The molecular weight excluding hydrogens is 468 g/mol. The topological polar surface area (TPSA) is 111 Å². The Morgan fingerprint density at radius 3 is 2.68 bits per heavy atom. The predicted molar refractivity (Wildman–Crippen MR) is 115 cm³/mol. The maximum Gasteiger partial charge on any atom is 0.389 e. The molecule has 0 unspecified atom stereocenters. The fourth-order valence-electron chi connectivity index (χ4n) is 3.60. The summed E-state index contributed by atoms with van der Waals surface area (Å²) >= 11 is 3.50. The number of piperazine rings is 1. The van der Waals surface area contributed by atoms with Crippen molar-refractivity contribution in [2.45, 2.75) is 20.0 Å². The first-order valence-corrected chi connectivity index (χ1v) is 10.6. The van der Waals surface area contributed by atoms with Crippen LogP contribution in [0.3, 0.4) is 0 Å². The van der Waals surface area contributed by atoms with E-state index in [1.165, 1.54) is 22.5 Å². The second kappa shape index (κ2) is 8.98. The van der Waals surface area contributed by atoms with Crippen molar-refractivity contribution in [2.75, 3.05) is 26.2 Å². The van der Waals surface area contributed by atoms with Crippen LogP contribution in [0.2, 0.25) is 0 Å². The second-order valence-electron chi connectivity index (χ2n) is 7.39. The average molecular weight is 489 g/mol. The highest BCUT2D eigenvalue weighted by atomic mass is 79.9. The normalized spacial score (nSPS) is 14.7. The van der Waals surface area contributed by atoms with E-state index in [1.807, 2.05) is 12.1 Å². The van der Waals surface area contributed by atoms with Crippen LogP contribution >= 0.6 is 15.9 Å². The number of aromatic nitrogens is 3. The fraction of sp³-hybridized carbons (Fsp3) is 0.350. The number of nitro groups is 1. The van der Waals surface area contributed by atoms with E-state index < -0.39 is 4.92 Å². The smallest absolute Gasteiger partial charge is 0.361 e. The number of benzene rings is 1. The van der Waals surface area contributed by atoms with Gasteiger partial charge in [0.15, 0.2) is 5.69 Å². The number of aryl methyl sites for hydroxylation is 1. The van der Waals surface area contributed by atoms with Gasteiger partial charge in [-0.25, -0.2) is 0 Å². The van der Waals surface area contributed by atoms with E-state index in [9.17, 15) is 14.9 Å². The maximum atomic E-state index is 13.1. The molecule has 2 aromatic heterocycles. The maximum absolute atomic E-state index is 13.1. The zero-order valence-corrected chi connectivity index (χ0v) is 18.5. The largest absolute Gasteiger partial charge is 0.389 e. The average Bonchev–Trinajstić information content (AvgIpc) is 3.36.